The van der Waals surface area contributed by atoms with E-state index in [2.05, 4.69) is 4.98 Å². The second kappa shape index (κ2) is 5.80. The molecule has 0 amide bonds. The number of aromatic nitrogens is 1. The molecule has 18 heavy (non-hydrogen) atoms. The van der Waals surface area contributed by atoms with E-state index in [0.29, 0.717) is 0 Å². The molecule has 0 aliphatic carbocycles. The minimum Gasteiger partial charge on any atom is -0.366 e. The topological polar surface area (TPSA) is 94.0 Å². The van der Waals surface area contributed by atoms with Gasteiger partial charge in [0.15, 0.2) is 0 Å². The van der Waals surface area contributed by atoms with Crippen LogP contribution in [0.2, 0.25) is 0 Å². The Morgan fingerprint density at radius 3 is 2.72 bits per heavy atom. The molecule has 0 aromatic carbocycles. The highest BCUT2D eigenvalue weighted by atomic mass is 32.2. The SMILES string of the molecule is CCN(CC(C)C#N)S(=O)(=O)c1c[nH]ccc1=O. The van der Waals surface area contributed by atoms with Gasteiger partial charge in [0.05, 0.1) is 12.0 Å². The van der Waals surface area contributed by atoms with Gasteiger partial charge in [0, 0.05) is 31.5 Å². The van der Waals surface area contributed by atoms with Gasteiger partial charge >= 0.3 is 0 Å². The normalized spacial score (nSPS) is 13.2. The molecule has 0 aliphatic rings. The van der Waals surface area contributed by atoms with E-state index in [9.17, 15) is 13.2 Å². The molecule has 0 saturated heterocycles. The Morgan fingerprint density at radius 2 is 2.22 bits per heavy atom. The second-order valence-electron chi connectivity index (χ2n) is 3.86. The highest BCUT2D eigenvalue weighted by Crippen LogP contribution is 2.12. The van der Waals surface area contributed by atoms with Crippen LogP contribution in [0.1, 0.15) is 13.8 Å². The number of H-pyrrole nitrogens is 1. The molecule has 0 saturated carbocycles. The van der Waals surface area contributed by atoms with Crippen molar-refractivity contribution in [2.24, 2.45) is 5.92 Å². The fraction of sp³-hybridized carbons (Fsp3) is 0.455. The molecule has 1 unspecified atom stereocenters. The second-order valence-corrected chi connectivity index (χ2v) is 5.77. The maximum absolute atomic E-state index is 12.2. The molecule has 0 aliphatic heterocycles. The lowest BCUT2D eigenvalue weighted by atomic mass is 10.2. The third-order valence-corrected chi connectivity index (χ3v) is 4.42. The highest BCUT2D eigenvalue weighted by molar-refractivity contribution is 7.89. The van der Waals surface area contributed by atoms with E-state index in [4.69, 9.17) is 5.26 Å². The molecular weight excluding hydrogens is 254 g/mol. The van der Waals surface area contributed by atoms with Gasteiger partial charge in [-0.3, -0.25) is 4.79 Å². The lowest BCUT2D eigenvalue weighted by molar-refractivity contribution is 0.399. The van der Waals surface area contributed by atoms with Crippen LogP contribution in [0.25, 0.3) is 0 Å². The van der Waals surface area contributed by atoms with Crippen LogP contribution in [-0.4, -0.2) is 30.8 Å². The Hall–Kier alpha value is -1.65. The molecule has 1 aromatic heterocycles. The van der Waals surface area contributed by atoms with Gasteiger partial charge in [-0.15, -0.1) is 0 Å². The monoisotopic (exact) mass is 269 g/mol. The lowest BCUT2D eigenvalue weighted by Gasteiger charge is -2.20. The largest absolute Gasteiger partial charge is 0.366 e. The zero-order chi connectivity index (χ0) is 13.8. The smallest absolute Gasteiger partial charge is 0.248 e. The molecule has 7 heteroatoms. The van der Waals surface area contributed by atoms with E-state index in [1.807, 2.05) is 6.07 Å². The Balaban J connectivity index is 3.17. The maximum atomic E-state index is 12.2. The number of hydrogen-bond donors (Lipinski definition) is 1. The zero-order valence-electron chi connectivity index (χ0n) is 10.3. The van der Waals surface area contributed by atoms with Crippen LogP contribution in [0, 0.1) is 17.2 Å². The molecule has 1 aromatic rings. The van der Waals surface area contributed by atoms with Crippen LogP contribution < -0.4 is 5.43 Å². The molecule has 1 atom stereocenters. The number of nitrogens with zero attached hydrogens (tertiary/aromatic N) is 2. The molecule has 1 heterocycles. The van der Waals surface area contributed by atoms with Gasteiger partial charge in [-0.2, -0.15) is 9.57 Å². The summed E-state index contributed by atoms with van der Waals surface area (Å²) in [6, 6.07) is 3.14. The number of nitriles is 1. The van der Waals surface area contributed by atoms with Crippen molar-refractivity contribution < 1.29 is 8.42 Å². The van der Waals surface area contributed by atoms with E-state index in [1.54, 1.807) is 13.8 Å². The van der Waals surface area contributed by atoms with E-state index >= 15 is 0 Å². The van der Waals surface area contributed by atoms with Crippen molar-refractivity contribution in [2.75, 3.05) is 13.1 Å². The number of aromatic amines is 1. The third kappa shape index (κ3) is 2.97. The number of rotatable bonds is 5. The molecule has 0 spiro atoms. The standard InChI is InChI=1S/C11H15N3O3S/c1-3-14(8-9(2)6-12)18(16,17)11-7-13-5-4-10(11)15/h4-5,7,9H,3,8H2,1-2H3,(H,13,15). The lowest BCUT2D eigenvalue weighted by Crippen LogP contribution is -2.36. The zero-order valence-corrected chi connectivity index (χ0v) is 11.1. The summed E-state index contributed by atoms with van der Waals surface area (Å²) in [7, 11) is -3.85. The van der Waals surface area contributed by atoms with Crippen LogP contribution in [0.3, 0.4) is 0 Å². The maximum Gasteiger partial charge on any atom is 0.248 e. The summed E-state index contributed by atoms with van der Waals surface area (Å²) in [5.41, 5.74) is -0.559. The molecule has 6 nitrogen and oxygen atoms in total. The average Bonchev–Trinajstić information content (AvgIpc) is 2.35. The Morgan fingerprint density at radius 1 is 1.56 bits per heavy atom. The number of sulfonamides is 1. The summed E-state index contributed by atoms with van der Waals surface area (Å²) in [5.74, 6) is -0.428. The van der Waals surface area contributed by atoms with Crippen LogP contribution in [0.5, 0.6) is 0 Å². The van der Waals surface area contributed by atoms with Crippen molar-refractivity contribution in [3.63, 3.8) is 0 Å². The quantitative estimate of drug-likeness (QED) is 0.844. The summed E-state index contributed by atoms with van der Waals surface area (Å²) < 4.78 is 25.6. The molecule has 98 valence electrons. The van der Waals surface area contributed by atoms with Gasteiger partial charge in [0.1, 0.15) is 4.90 Å². The van der Waals surface area contributed by atoms with Crippen LogP contribution in [0.15, 0.2) is 28.2 Å². The fourth-order valence-corrected chi connectivity index (χ4v) is 3.06. The van der Waals surface area contributed by atoms with Gasteiger partial charge in [0.25, 0.3) is 0 Å². The summed E-state index contributed by atoms with van der Waals surface area (Å²) >= 11 is 0. The number of hydrogen-bond acceptors (Lipinski definition) is 4. The predicted octanol–water partition coefficient (Wildman–Crippen LogP) is 0.545. The fourth-order valence-electron chi connectivity index (χ4n) is 1.48. The number of nitrogens with one attached hydrogen (secondary N) is 1. The van der Waals surface area contributed by atoms with E-state index in [0.717, 1.165) is 16.6 Å². The van der Waals surface area contributed by atoms with Crippen molar-refractivity contribution >= 4 is 10.0 Å². The van der Waals surface area contributed by atoms with Crippen LogP contribution in [0.4, 0.5) is 0 Å². The molecular formula is C11H15N3O3S. The summed E-state index contributed by atoms with van der Waals surface area (Å²) in [6.07, 6.45) is 2.53. The van der Waals surface area contributed by atoms with Crippen LogP contribution >= 0.6 is 0 Å². The molecule has 1 N–H and O–H groups in total. The Bertz CT molecular complexity index is 600. The van der Waals surface area contributed by atoms with Crippen molar-refractivity contribution in [3.05, 3.63) is 28.7 Å². The molecule has 0 radical (unpaired) electrons. The van der Waals surface area contributed by atoms with E-state index in [1.165, 1.54) is 6.20 Å². The van der Waals surface area contributed by atoms with Crippen LogP contribution in [-0.2, 0) is 10.0 Å². The van der Waals surface area contributed by atoms with Crippen molar-refractivity contribution in [2.45, 2.75) is 18.7 Å². The average molecular weight is 269 g/mol. The summed E-state index contributed by atoms with van der Waals surface area (Å²) in [5, 5.41) is 8.73. The number of pyridine rings is 1. The Labute approximate surface area is 106 Å². The first-order chi connectivity index (χ1) is 8.43. The Kier molecular flexibility index (Phi) is 4.64. The minimum absolute atomic E-state index is 0.0731. The van der Waals surface area contributed by atoms with Gasteiger partial charge in [-0.25, -0.2) is 8.42 Å². The van der Waals surface area contributed by atoms with E-state index in [-0.39, 0.29) is 18.0 Å². The molecule has 0 fully saturated rings. The van der Waals surface area contributed by atoms with Crippen molar-refractivity contribution in [1.29, 1.82) is 5.26 Å². The molecule has 0 bridgehead atoms. The van der Waals surface area contributed by atoms with Gasteiger partial charge in [-0.1, -0.05) is 6.92 Å². The molecule has 1 rings (SSSR count). The first-order valence-corrected chi connectivity index (χ1v) is 6.94. The van der Waals surface area contributed by atoms with Gasteiger partial charge in [0.2, 0.25) is 15.5 Å². The van der Waals surface area contributed by atoms with Gasteiger partial charge < -0.3 is 4.98 Å². The van der Waals surface area contributed by atoms with E-state index < -0.39 is 21.4 Å². The first-order valence-electron chi connectivity index (χ1n) is 5.50. The van der Waals surface area contributed by atoms with Gasteiger partial charge in [-0.05, 0) is 6.92 Å². The first kappa shape index (κ1) is 14.4. The highest BCUT2D eigenvalue weighted by Gasteiger charge is 2.26. The van der Waals surface area contributed by atoms with Crippen molar-refractivity contribution in [1.82, 2.24) is 9.29 Å². The summed E-state index contributed by atoms with van der Waals surface area (Å²) in [4.78, 5) is 13.8. The third-order valence-electron chi connectivity index (χ3n) is 2.46. The van der Waals surface area contributed by atoms with Crippen molar-refractivity contribution in [3.8, 4) is 6.07 Å². The summed E-state index contributed by atoms with van der Waals surface area (Å²) in [6.45, 7) is 3.58. The minimum atomic E-state index is -3.85. The predicted molar refractivity (Wildman–Crippen MR) is 66.3 cm³/mol.